The van der Waals surface area contributed by atoms with Crippen LogP contribution in [0.3, 0.4) is 0 Å². The lowest BCUT2D eigenvalue weighted by molar-refractivity contribution is -0.129. The Balaban J connectivity index is 1.72. The lowest BCUT2D eigenvalue weighted by atomic mass is 9.94. The summed E-state index contributed by atoms with van der Waals surface area (Å²) < 4.78 is 0.990. The van der Waals surface area contributed by atoms with Crippen molar-refractivity contribution in [1.29, 1.82) is 0 Å². The van der Waals surface area contributed by atoms with Crippen LogP contribution in [-0.4, -0.2) is 41.3 Å². The molecule has 0 radical (unpaired) electrons. The Labute approximate surface area is 156 Å². The molecule has 0 aliphatic heterocycles. The van der Waals surface area contributed by atoms with Crippen molar-refractivity contribution in [3.63, 3.8) is 0 Å². The monoisotopic (exact) mass is 412 g/mol. The smallest absolute Gasteiger partial charge is 0.234 e. The molecule has 0 aromatic heterocycles. The second-order valence-electron chi connectivity index (χ2n) is 6.30. The van der Waals surface area contributed by atoms with Crippen molar-refractivity contribution in [2.45, 2.75) is 45.1 Å². The molecule has 1 aromatic rings. The number of thioether (sulfide) groups is 1. The van der Waals surface area contributed by atoms with E-state index in [9.17, 15) is 9.59 Å². The first-order chi connectivity index (χ1) is 11.5. The molecule has 24 heavy (non-hydrogen) atoms. The standard InChI is InChI=1S/C18H25BrN2O2S/c1-13-10-14(19)8-9-16(13)20-17(22)11-24-12-18(23)21(2)15-6-4-3-5-7-15/h8-10,15H,3-7,11-12H2,1-2H3,(H,20,22). The zero-order valence-electron chi connectivity index (χ0n) is 14.3. The van der Waals surface area contributed by atoms with Gasteiger partial charge < -0.3 is 10.2 Å². The molecule has 0 spiro atoms. The number of hydrogen-bond acceptors (Lipinski definition) is 3. The number of halogens is 1. The number of amides is 2. The van der Waals surface area contributed by atoms with Crippen LogP contribution in [0, 0.1) is 6.92 Å². The van der Waals surface area contributed by atoms with Crippen LogP contribution in [0.25, 0.3) is 0 Å². The Kier molecular flexibility index (Phi) is 7.62. The first kappa shape index (κ1) is 19.3. The van der Waals surface area contributed by atoms with Crippen LogP contribution in [0.4, 0.5) is 5.69 Å². The number of benzene rings is 1. The number of nitrogens with one attached hydrogen (secondary N) is 1. The van der Waals surface area contributed by atoms with Gasteiger partial charge in [-0.1, -0.05) is 35.2 Å². The summed E-state index contributed by atoms with van der Waals surface area (Å²) in [5, 5.41) is 2.90. The van der Waals surface area contributed by atoms with E-state index in [0.717, 1.165) is 28.6 Å². The van der Waals surface area contributed by atoms with Gasteiger partial charge in [-0.2, -0.15) is 0 Å². The van der Waals surface area contributed by atoms with Crippen molar-refractivity contribution in [1.82, 2.24) is 4.90 Å². The van der Waals surface area contributed by atoms with E-state index >= 15 is 0 Å². The first-order valence-electron chi connectivity index (χ1n) is 8.37. The lowest BCUT2D eigenvalue weighted by Crippen LogP contribution is -2.39. The average Bonchev–Trinajstić information content (AvgIpc) is 2.57. The molecule has 2 rings (SSSR count). The maximum Gasteiger partial charge on any atom is 0.234 e. The largest absolute Gasteiger partial charge is 0.342 e. The van der Waals surface area contributed by atoms with Crippen molar-refractivity contribution in [3.8, 4) is 0 Å². The fourth-order valence-corrected chi connectivity index (χ4v) is 4.17. The molecule has 0 bridgehead atoms. The summed E-state index contributed by atoms with van der Waals surface area (Å²) in [5.74, 6) is 0.706. The molecule has 0 saturated heterocycles. The van der Waals surface area contributed by atoms with E-state index in [1.54, 1.807) is 0 Å². The number of rotatable bonds is 6. The summed E-state index contributed by atoms with van der Waals surface area (Å²) in [6, 6.07) is 6.12. The molecule has 1 aromatic carbocycles. The highest BCUT2D eigenvalue weighted by molar-refractivity contribution is 9.10. The van der Waals surface area contributed by atoms with E-state index in [0.29, 0.717) is 17.5 Å². The summed E-state index contributed by atoms with van der Waals surface area (Å²) >= 11 is 4.79. The Morgan fingerprint density at radius 1 is 1.25 bits per heavy atom. The minimum atomic E-state index is -0.0708. The molecule has 0 heterocycles. The van der Waals surface area contributed by atoms with Gasteiger partial charge in [0.1, 0.15) is 0 Å². The maximum absolute atomic E-state index is 12.2. The van der Waals surface area contributed by atoms with Crippen molar-refractivity contribution in [2.24, 2.45) is 0 Å². The van der Waals surface area contributed by atoms with Crippen LogP contribution in [0.2, 0.25) is 0 Å². The fourth-order valence-electron chi connectivity index (χ4n) is 2.96. The molecule has 0 unspecified atom stereocenters. The summed E-state index contributed by atoms with van der Waals surface area (Å²) in [6.45, 7) is 1.95. The topological polar surface area (TPSA) is 49.4 Å². The summed E-state index contributed by atoms with van der Waals surface area (Å²) in [4.78, 5) is 26.2. The van der Waals surface area contributed by atoms with Gasteiger partial charge in [-0.3, -0.25) is 9.59 Å². The molecule has 1 aliphatic carbocycles. The third kappa shape index (κ3) is 5.81. The number of carbonyl (C=O) groups excluding carboxylic acids is 2. The highest BCUT2D eigenvalue weighted by atomic mass is 79.9. The molecule has 0 atom stereocenters. The van der Waals surface area contributed by atoms with Crippen LogP contribution in [0.5, 0.6) is 0 Å². The highest BCUT2D eigenvalue weighted by Gasteiger charge is 2.21. The second kappa shape index (κ2) is 9.47. The molecule has 1 N–H and O–H groups in total. The number of hydrogen-bond donors (Lipinski definition) is 1. The SMILES string of the molecule is Cc1cc(Br)ccc1NC(=O)CSCC(=O)N(C)C1CCCCC1. The zero-order valence-corrected chi connectivity index (χ0v) is 16.7. The van der Waals surface area contributed by atoms with Crippen molar-refractivity contribution in [3.05, 3.63) is 28.2 Å². The van der Waals surface area contributed by atoms with Crippen LogP contribution in [0.1, 0.15) is 37.7 Å². The minimum Gasteiger partial charge on any atom is -0.342 e. The molecular formula is C18H25BrN2O2S. The van der Waals surface area contributed by atoms with Crippen LogP contribution in [0.15, 0.2) is 22.7 Å². The minimum absolute atomic E-state index is 0.0708. The van der Waals surface area contributed by atoms with Crippen molar-refractivity contribution in [2.75, 3.05) is 23.9 Å². The molecule has 1 saturated carbocycles. The van der Waals surface area contributed by atoms with E-state index in [1.807, 2.05) is 37.1 Å². The quantitative estimate of drug-likeness (QED) is 0.760. The normalized spacial score (nSPS) is 15.1. The second-order valence-corrected chi connectivity index (χ2v) is 8.20. The third-order valence-corrected chi connectivity index (χ3v) is 5.85. The van der Waals surface area contributed by atoms with Crippen molar-refractivity contribution < 1.29 is 9.59 Å². The molecule has 2 amide bonds. The van der Waals surface area contributed by atoms with E-state index in [2.05, 4.69) is 21.2 Å². The predicted octanol–water partition coefficient (Wildman–Crippen LogP) is 4.22. The van der Waals surface area contributed by atoms with Gasteiger partial charge in [0.05, 0.1) is 11.5 Å². The van der Waals surface area contributed by atoms with E-state index < -0.39 is 0 Å². The van der Waals surface area contributed by atoms with Gasteiger partial charge in [-0.25, -0.2) is 0 Å². The zero-order chi connectivity index (χ0) is 17.5. The van der Waals surface area contributed by atoms with E-state index in [1.165, 1.54) is 31.0 Å². The van der Waals surface area contributed by atoms with Gasteiger partial charge >= 0.3 is 0 Å². The molecule has 6 heteroatoms. The van der Waals surface area contributed by atoms with Crippen LogP contribution >= 0.6 is 27.7 Å². The van der Waals surface area contributed by atoms with Gasteiger partial charge in [0.15, 0.2) is 0 Å². The van der Waals surface area contributed by atoms with Gasteiger partial charge in [0.2, 0.25) is 11.8 Å². The van der Waals surface area contributed by atoms with Gasteiger partial charge in [-0.05, 0) is 43.5 Å². The van der Waals surface area contributed by atoms with E-state index in [4.69, 9.17) is 0 Å². The molecular weight excluding hydrogens is 388 g/mol. The first-order valence-corrected chi connectivity index (χ1v) is 10.3. The number of aryl methyl sites for hydroxylation is 1. The molecule has 1 aliphatic rings. The predicted molar refractivity (Wildman–Crippen MR) is 104 cm³/mol. The number of carbonyl (C=O) groups is 2. The third-order valence-electron chi connectivity index (χ3n) is 4.44. The molecule has 4 nitrogen and oxygen atoms in total. The Hall–Kier alpha value is -1.01. The number of anilines is 1. The van der Waals surface area contributed by atoms with Crippen molar-refractivity contribution >= 4 is 45.2 Å². The number of nitrogens with zero attached hydrogens (tertiary/aromatic N) is 1. The summed E-state index contributed by atoms with van der Waals surface area (Å²) in [6.07, 6.45) is 5.92. The summed E-state index contributed by atoms with van der Waals surface area (Å²) in [7, 11) is 1.89. The molecule has 1 fully saturated rings. The Morgan fingerprint density at radius 2 is 1.96 bits per heavy atom. The van der Waals surface area contributed by atoms with E-state index in [-0.39, 0.29) is 11.8 Å². The average molecular weight is 413 g/mol. The summed E-state index contributed by atoms with van der Waals surface area (Å²) in [5.41, 5.74) is 1.82. The van der Waals surface area contributed by atoms with Crippen LogP contribution < -0.4 is 5.32 Å². The van der Waals surface area contributed by atoms with Gasteiger partial charge in [0, 0.05) is 23.2 Å². The van der Waals surface area contributed by atoms with Gasteiger partial charge in [-0.15, -0.1) is 11.8 Å². The lowest BCUT2D eigenvalue weighted by Gasteiger charge is -2.31. The van der Waals surface area contributed by atoms with Crippen LogP contribution in [-0.2, 0) is 9.59 Å². The fraction of sp³-hybridized carbons (Fsp3) is 0.556. The molecule has 132 valence electrons. The highest BCUT2D eigenvalue weighted by Crippen LogP contribution is 2.22. The van der Waals surface area contributed by atoms with Gasteiger partial charge in [0.25, 0.3) is 0 Å². The Morgan fingerprint density at radius 3 is 2.62 bits per heavy atom. The Bertz CT molecular complexity index is 588. The maximum atomic E-state index is 12.2.